The first kappa shape index (κ1) is 11.6. The molecule has 0 atom stereocenters. The predicted octanol–water partition coefficient (Wildman–Crippen LogP) is 2.58. The van der Waals surface area contributed by atoms with Crippen LogP contribution >= 0.6 is 0 Å². The minimum Gasteiger partial charge on any atom is -0.263 e. The van der Waals surface area contributed by atoms with Gasteiger partial charge in [-0.15, -0.1) is 0 Å². The van der Waals surface area contributed by atoms with Crippen LogP contribution in [0, 0.1) is 20.8 Å². The third-order valence-electron chi connectivity index (χ3n) is 2.96. The Hall–Kier alpha value is -2.43. The summed E-state index contributed by atoms with van der Waals surface area (Å²) in [5.41, 5.74) is 4.12. The first-order chi connectivity index (χ1) is 9.13. The number of aryl methyl sites for hydroxylation is 3. The molecule has 96 valence electrons. The zero-order chi connectivity index (χ0) is 13.4. The van der Waals surface area contributed by atoms with Crippen molar-refractivity contribution in [2.75, 3.05) is 0 Å². The molecule has 19 heavy (non-hydrogen) atoms. The Morgan fingerprint density at radius 3 is 2.58 bits per heavy atom. The van der Waals surface area contributed by atoms with Crippen molar-refractivity contribution >= 4 is 0 Å². The van der Waals surface area contributed by atoms with Gasteiger partial charge >= 0.3 is 0 Å². The Labute approximate surface area is 111 Å². The molecule has 1 N–H and O–H groups in total. The van der Waals surface area contributed by atoms with Crippen LogP contribution in [0.1, 0.15) is 17.2 Å². The van der Waals surface area contributed by atoms with E-state index in [0.717, 1.165) is 28.5 Å². The van der Waals surface area contributed by atoms with Crippen molar-refractivity contribution in [2.24, 2.45) is 0 Å². The van der Waals surface area contributed by atoms with Crippen LogP contribution in [0.5, 0.6) is 0 Å². The maximum Gasteiger partial charge on any atom is 0.181 e. The quantitative estimate of drug-likeness (QED) is 0.763. The Bertz CT molecular complexity index is 723. The van der Waals surface area contributed by atoms with Gasteiger partial charge in [0.2, 0.25) is 0 Å². The molecule has 0 spiro atoms. The van der Waals surface area contributed by atoms with Gasteiger partial charge in [-0.3, -0.25) is 5.10 Å². The second-order valence-electron chi connectivity index (χ2n) is 4.63. The fraction of sp³-hybridized carbons (Fsp3) is 0.214. The highest BCUT2D eigenvalue weighted by molar-refractivity contribution is 5.58. The molecule has 2 heterocycles. The number of nitrogens with one attached hydrogen (secondary N) is 1. The average molecular weight is 253 g/mol. The maximum absolute atomic E-state index is 4.49. The second kappa shape index (κ2) is 4.35. The smallest absolute Gasteiger partial charge is 0.181 e. The van der Waals surface area contributed by atoms with Gasteiger partial charge in [-0.25, -0.2) is 9.67 Å². The van der Waals surface area contributed by atoms with Crippen molar-refractivity contribution in [3.8, 4) is 17.1 Å². The molecule has 5 heteroatoms. The van der Waals surface area contributed by atoms with E-state index in [2.05, 4.69) is 26.3 Å². The van der Waals surface area contributed by atoms with E-state index in [1.54, 1.807) is 0 Å². The van der Waals surface area contributed by atoms with E-state index in [4.69, 9.17) is 0 Å². The van der Waals surface area contributed by atoms with Crippen LogP contribution in [0.25, 0.3) is 17.1 Å². The van der Waals surface area contributed by atoms with Crippen molar-refractivity contribution in [1.29, 1.82) is 0 Å². The summed E-state index contributed by atoms with van der Waals surface area (Å²) in [4.78, 5) is 4.35. The van der Waals surface area contributed by atoms with Crippen molar-refractivity contribution < 1.29 is 0 Å². The summed E-state index contributed by atoms with van der Waals surface area (Å²) in [6, 6.07) is 10.1. The molecule has 0 aliphatic heterocycles. The lowest BCUT2D eigenvalue weighted by molar-refractivity contribution is 0.834. The van der Waals surface area contributed by atoms with Gasteiger partial charge in [0, 0.05) is 11.3 Å². The standard InChI is InChI=1S/C14H15N5/c1-9-7-10(2)19(18-9)13-6-4-5-12(8-13)14-15-11(3)16-17-14/h4-8H,1-3H3,(H,15,16,17). The summed E-state index contributed by atoms with van der Waals surface area (Å²) in [6.45, 7) is 5.93. The SMILES string of the molecule is Cc1cc(C)n(-c2cccc(-c3n[nH]c(C)n3)c2)n1. The molecule has 0 radical (unpaired) electrons. The lowest BCUT2D eigenvalue weighted by atomic mass is 10.2. The lowest BCUT2D eigenvalue weighted by Gasteiger charge is -2.05. The first-order valence-electron chi connectivity index (χ1n) is 6.16. The van der Waals surface area contributed by atoms with Crippen LogP contribution in [0.15, 0.2) is 30.3 Å². The molecule has 3 rings (SSSR count). The molecule has 0 amide bonds. The summed E-state index contributed by atoms with van der Waals surface area (Å²) >= 11 is 0. The van der Waals surface area contributed by atoms with Crippen LogP contribution in [0.2, 0.25) is 0 Å². The largest absolute Gasteiger partial charge is 0.263 e. The molecule has 0 aliphatic rings. The zero-order valence-electron chi connectivity index (χ0n) is 11.2. The number of H-pyrrole nitrogens is 1. The minimum absolute atomic E-state index is 0.709. The van der Waals surface area contributed by atoms with Gasteiger partial charge in [-0.2, -0.15) is 10.2 Å². The maximum atomic E-state index is 4.49. The van der Waals surface area contributed by atoms with Crippen LogP contribution in [-0.4, -0.2) is 25.0 Å². The van der Waals surface area contributed by atoms with Gasteiger partial charge in [0.25, 0.3) is 0 Å². The summed E-state index contributed by atoms with van der Waals surface area (Å²) in [5.74, 6) is 1.52. The normalized spacial score (nSPS) is 10.9. The fourth-order valence-corrected chi connectivity index (χ4v) is 2.14. The molecule has 0 unspecified atom stereocenters. The highest BCUT2D eigenvalue weighted by atomic mass is 15.3. The minimum atomic E-state index is 0.709. The Kier molecular flexibility index (Phi) is 2.67. The van der Waals surface area contributed by atoms with E-state index in [1.165, 1.54) is 0 Å². The number of hydrogen-bond acceptors (Lipinski definition) is 3. The number of nitrogens with zero attached hydrogens (tertiary/aromatic N) is 4. The monoisotopic (exact) mass is 253 g/mol. The molecule has 1 aromatic carbocycles. The molecular weight excluding hydrogens is 238 g/mol. The Balaban J connectivity index is 2.07. The third-order valence-corrected chi connectivity index (χ3v) is 2.96. The first-order valence-corrected chi connectivity index (χ1v) is 6.16. The van der Waals surface area contributed by atoms with Gasteiger partial charge in [-0.05, 0) is 39.0 Å². The van der Waals surface area contributed by atoms with E-state index < -0.39 is 0 Å². The molecule has 5 nitrogen and oxygen atoms in total. The van der Waals surface area contributed by atoms with Gasteiger partial charge in [0.05, 0.1) is 11.4 Å². The van der Waals surface area contributed by atoms with E-state index in [9.17, 15) is 0 Å². The number of aromatic amines is 1. The van der Waals surface area contributed by atoms with Gasteiger partial charge in [0.1, 0.15) is 5.82 Å². The summed E-state index contributed by atoms with van der Waals surface area (Å²) in [5, 5.41) is 11.5. The molecule has 3 aromatic rings. The highest BCUT2D eigenvalue weighted by Crippen LogP contribution is 2.19. The van der Waals surface area contributed by atoms with Crippen LogP contribution < -0.4 is 0 Å². The van der Waals surface area contributed by atoms with Gasteiger partial charge in [0.15, 0.2) is 5.82 Å². The number of rotatable bonds is 2. The van der Waals surface area contributed by atoms with Crippen LogP contribution in [0.3, 0.4) is 0 Å². The van der Waals surface area contributed by atoms with Crippen molar-refractivity contribution in [1.82, 2.24) is 25.0 Å². The zero-order valence-corrected chi connectivity index (χ0v) is 11.2. The summed E-state index contributed by atoms with van der Waals surface area (Å²) in [7, 11) is 0. The molecule has 0 aliphatic carbocycles. The topological polar surface area (TPSA) is 59.4 Å². The Morgan fingerprint density at radius 1 is 1.11 bits per heavy atom. The highest BCUT2D eigenvalue weighted by Gasteiger charge is 2.07. The molecule has 2 aromatic heterocycles. The average Bonchev–Trinajstić information content (AvgIpc) is 2.96. The number of aromatic nitrogens is 5. The van der Waals surface area contributed by atoms with E-state index >= 15 is 0 Å². The number of hydrogen-bond donors (Lipinski definition) is 1. The van der Waals surface area contributed by atoms with E-state index in [0.29, 0.717) is 5.82 Å². The third kappa shape index (κ3) is 2.14. The van der Waals surface area contributed by atoms with Crippen molar-refractivity contribution in [2.45, 2.75) is 20.8 Å². The molecule has 0 saturated heterocycles. The van der Waals surface area contributed by atoms with Gasteiger partial charge in [-0.1, -0.05) is 12.1 Å². The summed E-state index contributed by atoms with van der Waals surface area (Å²) in [6.07, 6.45) is 0. The lowest BCUT2D eigenvalue weighted by Crippen LogP contribution is -1.99. The van der Waals surface area contributed by atoms with Crippen molar-refractivity contribution in [3.63, 3.8) is 0 Å². The van der Waals surface area contributed by atoms with E-state index in [-0.39, 0.29) is 0 Å². The second-order valence-corrected chi connectivity index (χ2v) is 4.63. The Morgan fingerprint density at radius 2 is 1.95 bits per heavy atom. The fourth-order valence-electron chi connectivity index (χ4n) is 2.14. The molecular formula is C14H15N5. The number of benzene rings is 1. The van der Waals surface area contributed by atoms with Crippen LogP contribution in [0.4, 0.5) is 0 Å². The van der Waals surface area contributed by atoms with Gasteiger partial charge < -0.3 is 0 Å². The van der Waals surface area contributed by atoms with Crippen molar-refractivity contribution in [3.05, 3.63) is 47.5 Å². The molecule has 0 fully saturated rings. The van der Waals surface area contributed by atoms with Crippen LogP contribution in [-0.2, 0) is 0 Å². The molecule has 0 bridgehead atoms. The van der Waals surface area contributed by atoms with E-state index in [1.807, 2.05) is 49.7 Å². The molecule has 0 saturated carbocycles. The summed E-state index contributed by atoms with van der Waals surface area (Å²) < 4.78 is 1.93. The predicted molar refractivity (Wildman–Crippen MR) is 73.2 cm³/mol.